The number of aromatic nitrogens is 4. The average Bonchev–Trinajstić information content (AvgIpc) is 2.78. The number of nitrogens with zero attached hydrogens (tertiary/aromatic N) is 3. The molecule has 20 heavy (non-hydrogen) atoms. The van der Waals surface area contributed by atoms with E-state index in [1.165, 1.54) is 6.33 Å². The molecule has 0 saturated heterocycles. The van der Waals surface area contributed by atoms with Crippen LogP contribution in [0.25, 0.3) is 16.9 Å². The Morgan fingerprint density at radius 3 is 2.80 bits per heavy atom. The van der Waals surface area contributed by atoms with Crippen LogP contribution >= 0.6 is 0 Å². The largest absolute Gasteiger partial charge is 0.494 e. The fraction of sp³-hybridized carbons (Fsp3) is 0.154. The number of anilines is 1. The number of aromatic amines is 1. The first kappa shape index (κ1) is 12.2. The molecule has 0 unspecified atom stereocenters. The number of nitrogens with one attached hydrogen (secondary N) is 1. The molecule has 0 bridgehead atoms. The highest BCUT2D eigenvalue weighted by atomic mass is 16.5. The molecule has 7 heteroatoms. The molecule has 0 fully saturated rings. The maximum absolute atomic E-state index is 11.9. The molecule has 1 aromatic carbocycles. The fourth-order valence-electron chi connectivity index (χ4n) is 2.06. The van der Waals surface area contributed by atoms with Crippen molar-refractivity contribution in [2.45, 2.75) is 6.92 Å². The summed E-state index contributed by atoms with van der Waals surface area (Å²) in [5.41, 5.74) is 6.97. The third-order valence-corrected chi connectivity index (χ3v) is 2.89. The van der Waals surface area contributed by atoms with Crippen molar-refractivity contribution in [3.05, 3.63) is 40.9 Å². The lowest BCUT2D eigenvalue weighted by Gasteiger charge is -2.07. The highest BCUT2D eigenvalue weighted by molar-refractivity contribution is 5.76. The van der Waals surface area contributed by atoms with E-state index in [0.717, 1.165) is 11.4 Å². The lowest BCUT2D eigenvalue weighted by atomic mass is 10.3. The van der Waals surface area contributed by atoms with Gasteiger partial charge in [-0.05, 0) is 31.2 Å². The summed E-state index contributed by atoms with van der Waals surface area (Å²) in [5.74, 6) is 0.972. The highest BCUT2D eigenvalue weighted by Gasteiger charge is 2.13. The van der Waals surface area contributed by atoms with E-state index >= 15 is 0 Å². The number of hydrogen-bond donors (Lipinski definition) is 2. The number of fused-ring (bicyclic) bond motifs is 1. The topological polar surface area (TPSA) is 98.8 Å². The number of hydrogen-bond acceptors (Lipinski definition) is 5. The van der Waals surface area contributed by atoms with Gasteiger partial charge in [-0.25, -0.2) is 4.98 Å². The maximum atomic E-state index is 11.9. The molecule has 0 radical (unpaired) electrons. The van der Waals surface area contributed by atoms with E-state index in [4.69, 9.17) is 10.5 Å². The molecule has 2 heterocycles. The third-order valence-electron chi connectivity index (χ3n) is 2.89. The van der Waals surface area contributed by atoms with Crippen molar-refractivity contribution >= 4 is 17.1 Å². The highest BCUT2D eigenvalue weighted by Crippen LogP contribution is 2.21. The second-order valence-electron chi connectivity index (χ2n) is 4.14. The fourth-order valence-corrected chi connectivity index (χ4v) is 2.06. The molecule has 0 aliphatic carbocycles. The molecule has 7 nitrogen and oxygen atoms in total. The van der Waals surface area contributed by atoms with E-state index in [0.29, 0.717) is 17.8 Å². The van der Waals surface area contributed by atoms with Gasteiger partial charge in [-0.15, -0.1) is 0 Å². The van der Waals surface area contributed by atoms with E-state index in [1.54, 1.807) is 4.57 Å². The third kappa shape index (κ3) is 1.89. The van der Waals surface area contributed by atoms with Crippen LogP contribution < -0.4 is 16.0 Å². The SMILES string of the molecule is CCOc1ccc(-n2c(N)nc3nc[nH]c(=O)c32)cc1. The first-order valence-corrected chi connectivity index (χ1v) is 6.15. The van der Waals surface area contributed by atoms with Crippen LogP contribution in [0.2, 0.25) is 0 Å². The Balaban J connectivity index is 2.19. The Labute approximate surface area is 114 Å². The molecule has 3 rings (SSSR count). The smallest absolute Gasteiger partial charge is 0.277 e. The summed E-state index contributed by atoms with van der Waals surface area (Å²) in [7, 11) is 0. The van der Waals surface area contributed by atoms with Crippen molar-refractivity contribution in [2.24, 2.45) is 0 Å². The van der Waals surface area contributed by atoms with Gasteiger partial charge in [-0.3, -0.25) is 9.36 Å². The second-order valence-corrected chi connectivity index (χ2v) is 4.14. The molecular weight excluding hydrogens is 258 g/mol. The van der Waals surface area contributed by atoms with Crippen LogP contribution in [-0.4, -0.2) is 26.1 Å². The van der Waals surface area contributed by atoms with Gasteiger partial charge >= 0.3 is 0 Å². The molecule has 102 valence electrons. The molecule has 3 aromatic rings. The van der Waals surface area contributed by atoms with Crippen LogP contribution in [0.1, 0.15) is 6.92 Å². The van der Waals surface area contributed by atoms with Gasteiger partial charge in [0.1, 0.15) is 5.75 Å². The quantitative estimate of drug-likeness (QED) is 0.743. The maximum Gasteiger partial charge on any atom is 0.277 e. The first-order chi connectivity index (χ1) is 9.70. The number of nitrogen functional groups attached to an aromatic ring is 1. The van der Waals surface area contributed by atoms with Crippen molar-refractivity contribution in [3.63, 3.8) is 0 Å². The van der Waals surface area contributed by atoms with Crippen molar-refractivity contribution in [1.82, 2.24) is 19.5 Å². The summed E-state index contributed by atoms with van der Waals surface area (Å²) >= 11 is 0. The minimum Gasteiger partial charge on any atom is -0.494 e. The van der Waals surface area contributed by atoms with Crippen LogP contribution in [0.15, 0.2) is 35.4 Å². The van der Waals surface area contributed by atoms with Crippen LogP contribution in [0.4, 0.5) is 5.95 Å². The van der Waals surface area contributed by atoms with Gasteiger partial charge in [0.15, 0.2) is 11.2 Å². The van der Waals surface area contributed by atoms with Gasteiger partial charge < -0.3 is 15.5 Å². The van der Waals surface area contributed by atoms with Crippen molar-refractivity contribution < 1.29 is 4.74 Å². The van der Waals surface area contributed by atoms with Crippen LogP contribution in [0, 0.1) is 0 Å². The van der Waals surface area contributed by atoms with Crippen molar-refractivity contribution in [1.29, 1.82) is 0 Å². The van der Waals surface area contributed by atoms with Gasteiger partial charge in [-0.1, -0.05) is 0 Å². The van der Waals surface area contributed by atoms with E-state index < -0.39 is 0 Å². The van der Waals surface area contributed by atoms with Gasteiger partial charge in [-0.2, -0.15) is 4.98 Å². The number of nitrogens with two attached hydrogens (primary N) is 1. The molecule has 2 aromatic heterocycles. The van der Waals surface area contributed by atoms with Gasteiger partial charge in [0.25, 0.3) is 5.56 Å². The molecule has 0 aliphatic rings. The number of ether oxygens (including phenoxy) is 1. The summed E-state index contributed by atoms with van der Waals surface area (Å²) in [5, 5.41) is 0. The zero-order valence-corrected chi connectivity index (χ0v) is 10.8. The van der Waals surface area contributed by atoms with Crippen molar-refractivity contribution in [2.75, 3.05) is 12.3 Å². The Bertz CT molecular complexity index is 804. The van der Waals surface area contributed by atoms with Gasteiger partial charge in [0, 0.05) is 5.69 Å². The van der Waals surface area contributed by atoms with E-state index in [1.807, 2.05) is 31.2 Å². The number of rotatable bonds is 3. The van der Waals surface area contributed by atoms with Crippen LogP contribution in [0.3, 0.4) is 0 Å². The average molecular weight is 271 g/mol. The number of benzene rings is 1. The molecular formula is C13H13N5O2. The minimum absolute atomic E-state index is 0.216. The first-order valence-electron chi connectivity index (χ1n) is 6.15. The summed E-state index contributed by atoms with van der Waals surface area (Å²) < 4.78 is 6.95. The van der Waals surface area contributed by atoms with Gasteiger partial charge in [0.2, 0.25) is 5.95 Å². The predicted octanol–water partition coefficient (Wildman–Crippen LogP) is 1.09. The summed E-state index contributed by atoms with van der Waals surface area (Å²) in [6.07, 6.45) is 1.31. The molecule has 0 saturated carbocycles. The summed E-state index contributed by atoms with van der Waals surface area (Å²) in [6, 6.07) is 7.26. The Hall–Kier alpha value is -2.83. The standard InChI is InChI=1S/C13H13N5O2/c1-2-20-9-5-3-8(4-6-9)18-10-11(17-13(18)14)15-7-16-12(10)19/h3-7H,2H2,1H3,(H3,14,15,16,17,19). The molecule has 0 amide bonds. The predicted molar refractivity (Wildman–Crippen MR) is 75.1 cm³/mol. The van der Waals surface area contributed by atoms with Crippen LogP contribution in [0.5, 0.6) is 5.75 Å². The van der Waals surface area contributed by atoms with E-state index in [2.05, 4.69) is 15.0 Å². The number of imidazole rings is 1. The second kappa shape index (κ2) is 4.69. The molecule has 0 aliphatic heterocycles. The normalized spacial score (nSPS) is 10.8. The van der Waals surface area contributed by atoms with Gasteiger partial charge in [0.05, 0.1) is 12.9 Å². The Morgan fingerprint density at radius 1 is 1.35 bits per heavy atom. The Kier molecular flexibility index (Phi) is 2.86. The van der Waals surface area contributed by atoms with Crippen molar-refractivity contribution in [3.8, 4) is 11.4 Å². The Morgan fingerprint density at radius 2 is 2.10 bits per heavy atom. The monoisotopic (exact) mass is 271 g/mol. The summed E-state index contributed by atoms with van der Waals surface area (Å²) in [4.78, 5) is 22.5. The zero-order valence-electron chi connectivity index (χ0n) is 10.8. The van der Waals surface area contributed by atoms with Crippen LogP contribution in [-0.2, 0) is 0 Å². The minimum atomic E-state index is -0.284. The molecule has 0 atom stereocenters. The molecule has 3 N–H and O–H groups in total. The van der Waals surface area contributed by atoms with E-state index in [9.17, 15) is 4.79 Å². The van der Waals surface area contributed by atoms with E-state index in [-0.39, 0.29) is 11.5 Å². The lowest BCUT2D eigenvalue weighted by molar-refractivity contribution is 0.340. The molecule has 0 spiro atoms. The summed E-state index contributed by atoms with van der Waals surface area (Å²) in [6.45, 7) is 2.51. The lowest BCUT2D eigenvalue weighted by Crippen LogP contribution is -2.11. The number of H-pyrrole nitrogens is 1. The zero-order chi connectivity index (χ0) is 14.1.